The van der Waals surface area contributed by atoms with Crippen LogP contribution < -0.4 is 15.5 Å². The van der Waals surface area contributed by atoms with Crippen LogP contribution in [0.3, 0.4) is 0 Å². The molecule has 0 aliphatic carbocycles. The monoisotopic (exact) mass is 245 g/mol. The standard InChI is InChI=1S/C13H11NO4/c1-17-12-8-18-11(7-10(12)15)13(16)14-9-5-3-2-4-6-9/h2-8H,1H3,(H,14,16). The van der Waals surface area contributed by atoms with E-state index in [0.717, 1.165) is 12.3 Å². The Bertz CT molecular complexity index is 604. The van der Waals surface area contributed by atoms with Gasteiger partial charge in [-0.25, -0.2) is 0 Å². The van der Waals surface area contributed by atoms with Crippen LogP contribution in [0.2, 0.25) is 0 Å². The summed E-state index contributed by atoms with van der Waals surface area (Å²) in [5.41, 5.74) is 0.225. The Morgan fingerprint density at radius 2 is 2.00 bits per heavy atom. The van der Waals surface area contributed by atoms with E-state index < -0.39 is 11.3 Å². The van der Waals surface area contributed by atoms with E-state index >= 15 is 0 Å². The summed E-state index contributed by atoms with van der Waals surface area (Å²) in [5.74, 6) is -0.489. The van der Waals surface area contributed by atoms with E-state index in [1.165, 1.54) is 7.11 Å². The van der Waals surface area contributed by atoms with Crippen LogP contribution in [0.15, 0.2) is 51.9 Å². The van der Waals surface area contributed by atoms with Crippen molar-refractivity contribution in [1.82, 2.24) is 0 Å². The van der Waals surface area contributed by atoms with Crippen molar-refractivity contribution >= 4 is 11.6 Å². The van der Waals surface area contributed by atoms with Gasteiger partial charge in [0, 0.05) is 11.8 Å². The average Bonchev–Trinajstić information content (AvgIpc) is 2.39. The van der Waals surface area contributed by atoms with Crippen molar-refractivity contribution in [2.45, 2.75) is 0 Å². The fourth-order valence-electron chi connectivity index (χ4n) is 1.38. The minimum absolute atomic E-state index is 0.0614. The average molecular weight is 245 g/mol. The molecule has 92 valence electrons. The Hall–Kier alpha value is -2.56. The quantitative estimate of drug-likeness (QED) is 0.896. The molecule has 0 bridgehead atoms. The van der Waals surface area contributed by atoms with Gasteiger partial charge in [-0.05, 0) is 12.1 Å². The fourth-order valence-corrected chi connectivity index (χ4v) is 1.38. The summed E-state index contributed by atoms with van der Waals surface area (Å²) in [5, 5.41) is 2.61. The first-order valence-corrected chi connectivity index (χ1v) is 5.24. The number of amides is 1. The molecule has 1 amide bonds. The lowest BCUT2D eigenvalue weighted by Crippen LogP contribution is -2.15. The second kappa shape index (κ2) is 5.18. The van der Waals surface area contributed by atoms with Gasteiger partial charge in [-0.3, -0.25) is 9.59 Å². The van der Waals surface area contributed by atoms with Crippen molar-refractivity contribution in [3.05, 3.63) is 58.6 Å². The predicted molar refractivity (Wildman–Crippen MR) is 65.9 cm³/mol. The topological polar surface area (TPSA) is 68.5 Å². The number of methoxy groups -OCH3 is 1. The van der Waals surface area contributed by atoms with Crippen LogP contribution in [0.1, 0.15) is 10.6 Å². The number of hydrogen-bond acceptors (Lipinski definition) is 4. The van der Waals surface area contributed by atoms with Crippen molar-refractivity contribution < 1.29 is 13.9 Å². The third-order valence-corrected chi connectivity index (χ3v) is 2.27. The molecule has 2 rings (SSSR count). The van der Waals surface area contributed by atoms with E-state index in [2.05, 4.69) is 5.32 Å². The highest BCUT2D eigenvalue weighted by molar-refractivity contribution is 6.02. The zero-order chi connectivity index (χ0) is 13.0. The molecule has 0 saturated carbocycles. The Morgan fingerprint density at radius 1 is 1.28 bits per heavy atom. The third-order valence-electron chi connectivity index (χ3n) is 2.27. The fraction of sp³-hybridized carbons (Fsp3) is 0.0769. The van der Waals surface area contributed by atoms with E-state index in [9.17, 15) is 9.59 Å². The van der Waals surface area contributed by atoms with Crippen molar-refractivity contribution in [2.24, 2.45) is 0 Å². The van der Waals surface area contributed by atoms with Crippen molar-refractivity contribution in [3.8, 4) is 5.75 Å². The van der Waals surface area contributed by atoms with Crippen molar-refractivity contribution in [3.63, 3.8) is 0 Å². The van der Waals surface area contributed by atoms with Gasteiger partial charge in [-0.1, -0.05) is 18.2 Å². The highest BCUT2D eigenvalue weighted by atomic mass is 16.5. The number of rotatable bonds is 3. The normalized spacial score (nSPS) is 9.83. The number of carbonyl (C=O) groups is 1. The molecule has 0 aliphatic rings. The van der Waals surface area contributed by atoms with E-state index in [1.54, 1.807) is 24.3 Å². The van der Waals surface area contributed by atoms with Crippen LogP contribution in [-0.2, 0) is 0 Å². The van der Waals surface area contributed by atoms with Gasteiger partial charge < -0.3 is 14.5 Å². The molecule has 0 unspecified atom stereocenters. The molecule has 1 aromatic carbocycles. The summed E-state index contributed by atoms with van der Waals surface area (Å²) >= 11 is 0. The van der Waals surface area contributed by atoms with Crippen LogP contribution in [0.4, 0.5) is 5.69 Å². The third kappa shape index (κ3) is 2.57. The number of ether oxygens (including phenoxy) is 1. The first kappa shape index (κ1) is 11.9. The van der Waals surface area contributed by atoms with Crippen LogP contribution in [0, 0.1) is 0 Å². The summed E-state index contributed by atoms with van der Waals surface area (Å²) in [6.45, 7) is 0. The molecule has 0 atom stereocenters. The molecule has 1 heterocycles. The number of benzene rings is 1. The second-order valence-electron chi connectivity index (χ2n) is 3.50. The minimum atomic E-state index is -0.485. The maximum absolute atomic E-state index is 11.8. The van der Waals surface area contributed by atoms with Gasteiger partial charge >= 0.3 is 0 Å². The molecule has 1 aromatic heterocycles. The highest BCUT2D eigenvalue weighted by Gasteiger charge is 2.11. The first-order chi connectivity index (χ1) is 8.70. The van der Waals surface area contributed by atoms with Gasteiger partial charge in [0.1, 0.15) is 6.26 Å². The molecule has 18 heavy (non-hydrogen) atoms. The largest absolute Gasteiger partial charge is 0.490 e. The van der Waals surface area contributed by atoms with E-state index in [4.69, 9.17) is 9.15 Å². The van der Waals surface area contributed by atoms with Gasteiger partial charge in [0.15, 0.2) is 5.76 Å². The maximum Gasteiger partial charge on any atom is 0.291 e. The number of anilines is 1. The van der Waals surface area contributed by atoms with Crippen LogP contribution >= 0.6 is 0 Å². The summed E-state index contributed by atoms with van der Waals surface area (Å²) in [6.07, 6.45) is 1.11. The minimum Gasteiger partial charge on any atom is -0.490 e. The molecular formula is C13H11NO4. The molecule has 0 fully saturated rings. The molecular weight excluding hydrogens is 234 g/mol. The van der Waals surface area contributed by atoms with Gasteiger partial charge in [-0.2, -0.15) is 0 Å². The second-order valence-corrected chi connectivity index (χ2v) is 3.50. The molecule has 0 radical (unpaired) electrons. The summed E-state index contributed by atoms with van der Waals surface area (Å²) < 4.78 is 9.79. The molecule has 5 heteroatoms. The molecule has 2 aromatic rings. The lowest BCUT2D eigenvalue weighted by molar-refractivity contribution is 0.0993. The van der Waals surface area contributed by atoms with Crippen LogP contribution in [0.5, 0.6) is 5.75 Å². The van der Waals surface area contributed by atoms with E-state index in [-0.39, 0.29) is 11.5 Å². The first-order valence-electron chi connectivity index (χ1n) is 5.24. The summed E-state index contributed by atoms with van der Waals surface area (Å²) in [7, 11) is 1.36. The molecule has 0 saturated heterocycles. The smallest absolute Gasteiger partial charge is 0.291 e. The number of nitrogens with one attached hydrogen (secondary N) is 1. The van der Waals surface area contributed by atoms with Gasteiger partial charge in [0.25, 0.3) is 5.91 Å². The molecule has 0 spiro atoms. The van der Waals surface area contributed by atoms with Crippen LogP contribution in [-0.4, -0.2) is 13.0 Å². The van der Waals surface area contributed by atoms with Gasteiger partial charge in [0.05, 0.1) is 7.11 Å². The number of carbonyl (C=O) groups excluding carboxylic acids is 1. The maximum atomic E-state index is 11.8. The lowest BCUT2D eigenvalue weighted by atomic mass is 10.3. The Balaban J connectivity index is 2.20. The lowest BCUT2D eigenvalue weighted by Gasteiger charge is -2.04. The molecule has 1 N–H and O–H groups in total. The Kier molecular flexibility index (Phi) is 3.43. The number of para-hydroxylation sites is 1. The van der Waals surface area contributed by atoms with E-state index in [0.29, 0.717) is 5.69 Å². The predicted octanol–water partition coefficient (Wildman–Crippen LogP) is 1.90. The molecule has 5 nitrogen and oxygen atoms in total. The zero-order valence-corrected chi connectivity index (χ0v) is 9.67. The Morgan fingerprint density at radius 3 is 2.61 bits per heavy atom. The highest BCUT2D eigenvalue weighted by Crippen LogP contribution is 2.09. The van der Waals surface area contributed by atoms with Gasteiger partial charge in [-0.15, -0.1) is 0 Å². The Labute approximate surface area is 103 Å². The van der Waals surface area contributed by atoms with Gasteiger partial charge in [0.2, 0.25) is 11.2 Å². The summed E-state index contributed by atoms with van der Waals surface area (Å²) in [4.78, 5) is 23.2. The van der Waals surface area contributed by atoms with E-state index in [1.807, 2.05) is 6.07 Å². The zero-order valence-electron chi connectivity index (χ0n) is 9.67. The SMILES string of the molecule is COc1coc(C(=O)Nc2ccccc2)cc1=O. The summed E-state index contributed by atoms with van der Waals surface area (Å²) in [6, 6.07) is 9.99. The molecule has 0 aliphatic heterocycles. The van der Waals surface area contributed by atoms with Crippen molar-refractivity contribution in [1.29, 1.82) is 0 Å². The number of hydrogen-bond donors (Lipinski definition) is 1. The van der Waals surface area contributed by atoms with Crippen molar-refractivity contribution in [2.75, 3.05) is 12.4 Å². The van der Waals surface area contributed by atoms with Crippen LogP contribution in [0.25, 0.3) is 0 Å².